The maximum absolute atomic E-state index is 12.6. The maximum atomic E-state index is 12.6. The Bertz CT molecular complexity index is 1490. The molecule has 1 aromatic heterocycles. The van der Waals surface area contributed by atoms with Gasteiger partial charge in [0.05, 0.1) is 4.91 Å². The van der Waals surface area contributed by atoms with E-state index in [1.807, 2.05) is 54.7 Å². The van der Waals surface area contributed by atoms with E-state index in [2.05, 4.69) is 14.9 Å². The number of nitrogens with one attached hydrogen (secondary N) is 1. The van der Waals surface area contributed by atoms with Gasteiger partial charge >= 0.3 is 0 Å². The van der Waals surface area contributed by atoms with Crippen LogP contribution < -0.4 is 5.32 Å². The van der Waals surface area contributed by atoms with Crippen molar-refractivity contribution in [2.75, 3.05) is 0 Å². The number of amides is 2. The minimum absolute atomic E-state index is 0.266. The largest absolute Gasteiger partial charge is 0.342 e. The third kappa shape index (κ3) is 4.66. The van der Waals surface area contributed by atoms with Crippen LogP contribution in [0.5, 0.6) is 0 Å². The lowest BCUT2D eigenvalue weighted by Gasteiger charge is -2.08. The predicted octanol–water partition coefficient (Wildman–Crippen LogP) is 6.40. The van der Waals surface area contributed by atoms with Crippen LogP contribution >= 0.6 is 35.0 Å². The molecule has 3 aromatic carbocycles. The van der Waals surface area contributed by atoms with Crippen LogP contribution in [-0.4, -0.2) is 21.5 Å². The van der Waals surface area contributed by atoms with Crippen LogP contribution in [0.3, 0.4) is 0 Å². The number of thioether (sulfide) groups is 1. The minimum Gasteiger partial charge on any atom is -0.342 e. The van der Waals surface area contributed by atoms with Crippen LogP contribution in [0.15, 0.2) is 88.9 Å². The molecule has 2 heterocycles. The van der Waals surface area contributed by atoms with Crippen molar-refractivity contribution in [1.82, 2.24) is 9.88 Å². The number of aromatic nitrogens is 1. The molecule has 0 saturated carbocycles. The summed E-state index contributed by atoms with van der Waals surface area (Å²) in [7, 11) is 0. The normalized spacial score (nSPS) is 15.9. The molecular weight excluding hydrogens is 489 g/mol. The Morgan fingerprint density at radius 1 is 1.03 bits per heavy atom. The van der Waals surface area contributed by atoms with Crippen molar-refractivity contribution < 1.29 is 9.59 Å². The van der Waals surface area contributed by atoms with Crippen molar-refractivity contribution in [2.24, 2.45) is 4.99 Å². The summed E-state index contributed by atoms with van der Waals surface area (Å²) in [5.74, 6) is -0.691. The van der Waals surface area contributed by atoms with Crippen LogP contribution in [0, 0.1) is 0 Å². The van der Waals surface area contributed by atoms with Gasteiger partial charge in [-0.05, 0) is 53.7 Å². The van der Waals surface area contributed by atoms with E-state index in [4.69, 9.17) is 23.2 Å². The van der Waals surface area contributed by atoms with E-state index in [0.29, 0.717) is 27.1 Å². The summed E-state index contributed by atoms with van der Waals surface area (Å²) in [5.41, 5.74) is 3.30. The third-order valence-electron chi connectivity index (χ3n) is 5.34. The SMILES string of the molecule is O=C1NC(=NC(=O)c2ccccc2)S/C1=C\c1cn(Cc2ccc(Cl)cc2Cl)c2ccccc12. The van der Waals surface area contributed by atoms with Crippen LogP contribution in [0.4, 0.5) is 0 Å². The number of hydrogen-bond acceptors (Lipinski definition) is 3. The molecule has 0 atom stereocenters. The van der Waals surface area contributed by atoms with E-state index < -0.39 is 5.91 Å². The van der Waals surface area contributed by atoms with Gasteiger partial charge in [0, 0.05) is 44.8 Å². The molecule has 1 aliphatic rings. The summed E-state index contributed by atoms with van der Waals surface area (Å²) in [4.78, 5) is 29.5. The van der Waals surface area contributed by atoms with Gasteiger partial charge < -0.3 is 9.88 Å². The number of nitrogens with zero attached hydrogens (tertiary/aromatic N) is 2. The summed E-state index contributed by atoms with van der Waals surface area (Å²) < 4.78 is 2.09. The average Bonchev–Trinajstić information content (AvgIpc) is 3.36. The van der Waals surface area contributed by atoms with Gasteiger partial charge in [-0.1, -0.05) is 65.7 Å². The van der Waals surface area contributed by atoms with Crippen molar-refractivity contribution in [1.29, 1.82) is 0 Å². The molecular formula is C26H17Cl2N3O2S. The number of rotatable bonds is 4. The molecule has 168 valence electrons. The smallest absolute Gasteiger partial charge is 0.279 e. The van der Waals surface area contributed by atoms with Gasteiger partial charge in [-0.15, -0.1) is 0 Å². The number of fused-ring (bicyclic) bond motifs is 1. The lowest BCUT2D eigenvalue weighted by molar-refractivity contribution is -0.115. The highest BCUT2D eigenvalue weighted by atomic mass is 35.5. The Hall–Kier alpha value is -3.32. The lowest BCUT2D eigenvalue weighted by Crippen LogP contribution is -2.20. The Balaban J connectivity index is 1.45. The van der Waals surface area contributed by atoms with Crippen molar-refractivity contribution in [3.63, 3.8) is 0 Å². The van der Waals surface area contributed by atoms with E-state index in [0.717, 1.165) is 33.8 Å². The molecule has 4 aromatic rings. The van der Waals surface area contributed by atoms with Gasteiger partial charge in [-0.2, -0.15) is 4.99 Å². The van der Waals surface area contributed by atoms with Gasteiger partial charge in [0.15, 0.2) is 5.17 Å². The number of amidine groups is 1. The quantitative estimate of drug-likeness (QED) is 0.326. The van der Waals surface area contributed by atoms with Crippen LogP contribution in [0.25, 0.3) is 17.0 Å². The zero-order valence-electron chi connectivity index (χ0n) is 17.7. The molecule has 34 heavy (non-hydrogen) atoms. The highest BCUT2D eigenvalue weighted by molar-refractivity contribution is 8.18. The van der Waals surface area contributed by atoms with E-state index >= 15 is 0 Å². The van der Waals surface area contributed by atoms with Crippen LogP contribution in [0.2, 0.25) is 10.0 Å². The molecule has 8 heteroatoms. The summed E-state index contributed by atoms with van der Waals surface area (Å²) in [6.07, 6.45) is 3.80. The number of para-hydroxylation sites is 1. The molecule has 0 bridgehead atoms. The second-order valence-corrected chi connectivity index (χ2v) is 9.49. The molecule has 1 N–H and O–H groups in total. The van der Waals surface area contributed by atoms with Crippen LogP contribution in [-0.2, 0) is 11.3 Å². The lowest BCUT2D eigenvalue weighted by atomic mass is 10.1. The fraction of sp³-hybridized carbons (Fsp3) is 0.0385. The fourth-order valence-electron chi connectivity index (χ4n) is 3.71. The van der Waals surface area contributed by atoms with E-state index in [-0.39, 0.29) is 11.1 Å². The number of hydrogen-bond donors (Lipinski definition) is 1. The van der Waals surface area contributed by atoms with Gasteiger partial charge in [0.25, 0.3) is 11.8 Å². The van der Waals surface area contributed by atoms with E-state index in [9.17, 15) is 9.59 Å². The first kappa shape index (κ1) is 22.5. The zero-order chi connectivity index (χ0) is 23.7. The summed E-state index contributed by atoms with van der Waals surface area (Å²) in [5, 5.41) is 5.13. The van der Waals surface area contributed by atoms with Crippen LogP contribution in [0.1, 0.15) is 21.5 Å². The molecule has 1 saturated heterocycles. The number of carbonyl (C=O) groups excluding carboxylic acids is 2. The Morgan fingerprint density at radius 2 is 1.79 bits per heavy atom. The number of aliphatic imine (C=N–C) groups is 1. The van der Waals surface area contributed by atoms with Gasteiger partial charge in [0.2, 0.25) is 0 Å². The first-order valence-electron chi connectivity index (χ1n) is 10.4. The predicted molar refractivity (Wildman–Crippen MR) is 139 cm³/mol. The van der Waals surface area contributed by atoms with Crippen molar-refractivity contribution >= 4 is 68.9 Å². The molecule has 1 aliphatic heterocycles. The summed E-state index contributed by atoms with van der Waals surface area (Å²) in [6.45, 7) is 0.553. The van der Waals surface area contributed by atoms with E-state index in [1.165, 1.54) is 0 Å². The summed E-state index contributed by atoms with van der Waals surface area (Å²) >= 11 is 13.6. The number of carbonyl (C=O) groups is 2. The molecule has 5 rings (SSSR count). The van der Waals surface area contributed by atoms with Crippen molar-refractivity contribution in [2.45, 2.75) is 6.54 Å². The van der Waals surface area contributed by atoms with Gasteiger partial charge in [0.1, 0.15) is 0 Å². The van der Waals surface area contributed by atoms with Gasteiger partial charge in [-0.3, -0.25) is 9.59 Å². The maximum Gasteiger partial charge on any atom is 0.279 e. The molecule has 0 spiro atoms. The first-order valence-corrected chi connectivity index (χ1v) is 12.0. The number of benzene rings is 3. The zero-order valence-corrected chi connectivity index (χ0v) is 20.0. The monoisotopic (exact) mass is 505 g/mol. The van der Waals surface area contributed by atoms with Crippen molar-refractivity contribution in [3.8, 4) is 0 Å². The fourth-order valence-corrected chi connectivity index (χ4v) is 4.99. The molecule has 0 unspecified atom stereocenters. The standard InChI is InChI=1S/C26H17Cl2N3O2S/c27-19-11-10-17(21(28)13-19)14-31-15-18(20-8-4-5-9-22(20)31)12-23-25(33)30-26(34-23)29-24(32)16-6-2-1-3-7-16/h1-13,15H,14H2,(H,29,30,32,33)/b23-12-. The topological polar surface area (TPSA) is 63.5 Å². The molecule has 0 aliphatic carbocycles. The van der Waals surface area contributed by atoms with Crippen molar-refractivity contribution in [3.05, 3.63) is 111 Å². The Labute approximate surface area is 210 Å². The second-order valence-electron chi connectivity index (χ2n) is 7.62. The molecule has 5 nitrogen and oxygen atoms in total. The second kappa shape index (κ2) is 9.50. The molecule has 0 radical (unpaired) electrons. The Morgan fingerprint density at radius 3 is 2.59 bits per heavy atom. The number of halogens is 2. The molecule has 2 amide bonds. The highest BCUT2D eigenvalue weighted by Crippen LogP contribution is 2.31. The Kier molecular flexibility index (Phi) is 6.28. The summed E-state index contributed by atoms with van der Waals surface area (Å²) in [6, 6.07) is 22.1. The third-order valence-corrected chi connectivity index (χ3v) is 6.83. The van der Waals surface area contributed by atoms with Gasteiger partial charge in [-0.25, -0.2) is 0 Å². The van der Waals surface area contributed by atoms with E-state index in [1.54, 1.807) is 30.3 Å². The first-order chi connectivity index (χ1) is 16.5. The highest BCUT2D eigenvalue weighted by Gasteiger charge is 2.25. The minimum atomic E-state index is -0.402. The average molecular weight is 506 g/mol. The molecule has 1 fully saturated rings.